The molecule has 0 saturated carbocycles. The summed E-state index contributed by atoms with van der Waals surface area (Å²) in [6.07, 6.45) is 1.44. The Labute approximate surface area is 169 Å². The number of nitrogens with zero attached hydrogens (tertiary/aromatic N) is 1. The van der Waals surface area contributed by atoms with E-state index >= 15 is 0 Å². The molecule has 3 rings (SSSR count). The van der Waals surface area contributed by atoms with Gasteiger partial charge in [0.15, 0.2) is 0 Å². The molecule has 2 N–H and O–H groups in total. The normalized spacial score (nSPS) is 10.3. The van der Waals surface area contributed by atoms with E-state index in [0.29, 0.717) is 29.3 Å². The van der Waals surface area contributed by atoms with Crippen LogP contribution in [0.25, 0.3) is 0 Å². The van der Waals surface area contributed by atoms with Crippen LogP contribution in [0.15, 0.2) is 60.8 Å². The predicted octanol–water partition coefficient (Wildman–Crippen LogP) is 4.60. The summed E-state index contributed by atoms with van der Waals surface area (Å²) < 4.78 is 5.53. The second-order valence-corrected chi connectivity index (χ2v) is 6.64. The van der Waals surface area contributed by atoms with Crippen LogP contribution >= 0.6 is 0 Å². The van der Waals surface area contributed by atoms with Gasteiger partial charge in [0.2, 0.25) is 0 Å². The largest absolute Gasteiger partial charge is 0.492 e. The van der Waals surface area contributed by atoms with Crippen molar-refractivity contribution in [2.45, 2.75) is 20.8 Å². The van der Waals surface area contributed by atoms with E-state index in [1.807, 2.05) is 51.1 Å². The monoisotopic (exact) mass is 389 g/mol. The van der Waals surface area contributed by atoms with Crippen LogP contribution in [-0.2, 0) is 0 Å². The van der Waals surface area contributed by atoms with E-state index in [1.54, 1.807) is 18.2 Å². The van der Waals surface area contributed by atoms with Crippen LogP contribution in [0, 0.1) is 13.8 Å². The van der Waals surface area contributed by atoms with Gasteiger partial charge in [-0.1, -0.05) is 18.2 Å². The highest BCUT2D eigenvalue weighted by Crippen LogP contribution is 2.24. The molecule has 6 nitrogen and oxygen atoms in total. The van der Waals surface area contributed by atoms with Gasteiger partial charge in [0, 0.05) is 17.4 Å². The van der Waals surface area contributed by atoms with Gasteiger partial charge in [-0.25, -0.2) is 0 Å². The van der Waals surface area contributed by atoms with Gasteiger partial charge >= 0.3 is 0 Å². The molecule has 0 aliphatic rings. The van der Waals surface area contributed by atoms with Crippen molar-refractivity contribution in [1.29, 1.82) is 0 Å². The highest BCUT2D eigenvalue weighted by molar-refractivity contribution is 6.08. The molecule has 1 aromatic heterocycles. The van der Waals surface area contributed by atoms with Crippen LogP contribution in [0.2, 0.25) is 0 Å². The Morgan fingerprint density at radius 3 is 2.38 bits per heavy atom. The molecular weight excluding hydrogens is 366 g/mol. The molecule has 0 aliphatic carbocycles. The van der Waals surface area contributed by atoms with Gasteiger partial charge < -0.3 is 15.4 Å². The Kier molecular flexibility index (Phi) is 6.24. The van der Waals surface area contributed by atoms with Crippen molar-refractivity contribution in [2.24, 2.45) is 0 Å². The fourth-order valence-corrected chi connectivity index (χ4v) is 2.98. The van der Waals surface area contributed by atoms with E-state index in [1.165, 1.54) is 12.3 Å². The van der Waals surface area contributed by atoms with E-state index in [0.717, 1.165) is 11.1 Å². The summed E-state index contributed by atoms with van der Waals surface area (Å²) in [6, 6.07) is 16.0. The van der Waals surface area contributed by atoms with Crippen LogP contribution < -0.4 is 15.4 Å². The van der Waals surface area contributed by atoms with E-state index < -0.39 is 0 Å². The van der Waals surface area contributed by atoms with E-state index in [2.05, 4.69) is 15.6 Å². The van der Waals surface area contributed by atoms with Crippen LogP contribution in [0.1, 0.15) is 38.9 Å². The minimum absolute atomic E-state index is 0.162. The molecule has 0 spiro atoms. The molecule has 3 aromatic rings. The lowest BCUT2D eigenvalue weighted by molar-refractivity contribution is 0.102. The smallest absolute Gasteiger partial charge is 0.274 e. The molecule has 29 heavy (non-hydrogen) atoms. The first-order valence-corrected chi connectivity index (χ1v) is 9.35. The van der Waals surface area contributed by atoms with Gasteiger partial charge in [-0.15, -0.1) is 0 Å². The molecule has 1 heterocycles. The van der Waals surface area contributed by atoms with Gasteiger partial charge in [0.05, 0.1) is 12.3 Å². The van der Waals surface area contributed by atoms with Gasteiger partial charge in [0.25, 0.3) is 11.8 Å². The quantitative estimate of drug-likeness (QED) is 0.646. The molecule has 0 radical (unpaired) electrons. The third-order valence-corrected chi connectivity index (χ3v) is 4.17. The number of aromatic nitrogens is 1. The van der Waals surface area contributed by atoms with Crippen molar-refractivity contribution < 1.29 is 14.3 Å². The Bertz CT molecular complexity index is 1030. The molecule has 0 unspecified atom stereocenters. The van der Waals surface area contributed by atoms with E-state index in [-0.39, 0.29) is 17.5 Å². The Balaban J connectivity index is 1.76. The third kappa shape index (κ3) is 5.19. The Morgan fingerprint density at radius 1 is 0.931 bits per heavy atom. The van der Waals surface area contributed by atoms with Crippen molar-refractivity contribution in [2.75, 3.05) is 17.2 Å². The van der Waals surface area contributed by atoms with Crippen LogP contribution in [0.5, 0.6) is 5.75 Å². The number of hydrogen-bond donors (Lipinski definition) is 2. The number of anilines is 2. The minimum Gasteiger partial charge on any atom is -0.492 e. The van der Waals surface area contributed by atoms with Crippen molar-refractivity contribution in [3.63, 3.8) is 0 Å². The number of hydrogen-bond acceptors (Lipinski definition) is 4. The van der Waals surface area contributed by atoms with Crippen LogP contribution in [0.4, 0.5) is 11.4 Å². The Hall–Kier alpha value is -3.67. The standard InChI is InChI=1S/C23H23N3O3/c1-4-29-21-8-6-5-7-19(21)26-22(27)17-9-10-24-20(14-17)23(28)25-18-12-15(2)11-16(3)13-18/h5-14H,4H2,1-3H3,(H,25,28)(H,26,27). The average Bonchev–Trinajstić information content (AvgIpc) is 2.69. The molecule has 2 amide bonds. The molecule has 6 heteroatoms. The van der Waals surface area contributed by atoms with E-state index in [9.17, 15) is 9.59 Å². The number of aryl methyl sites for hydroxylation is 2. The molecule has 2 aromatic carbocycles. The molecular formula is C23H23N3O3. The molecule has 0 atom stereocenters. The fourth-order valence-electron chi connectivity index (χ4n) is 2.98. The zero-order valence-corrected chi connectivity index (χ0v) is 16.7. The van der Waals surface area contributed by atoms with Gasteiger partial charge in [0.1, 0.15) is 11.4 Å². The molecule has 148 valence electrons. The van der Waals surface area contributed by atoms with Gasteiger partial charge in [-0.2, -0.15) is 0 Å². The molecule has 0 fully saturated rings. The zero-order chi connectivity index (χ0) is 20.8. The molecule has 0 saturated heterocycles. The van der Waals surface area contributed by atoms with Crippen molar-refractivity contribution >= 4 is 23.2 Å². The summed E-state index contributed by atoms with van der Waals surface area (Å²) in [5.74, 6) is -0.135. The van der Waals surface area contributed by atoms with Crippen LogP contribution in [-0.4, -0.2) is 23.4 Å². The fraction of sp³-hybridized carbons (Fsp3) is 0.174. The number of carbonyl (C=O) groups excluding carboxylic acids is 2. The summed E-state index contributed by atoms with van der Waals surface area (Å²) in [5.41, 5.74) is 3.85. The number of ether oxygens (including phenoxy) is 1. The van der Waals surface area contributed by atoms with E-state index in [4.69, 9.17) is 4.74 Å². The number of pyridine rings is 1. The Morgan fingerprint density at radius 2 is 1.66 bits per heavy atom. The number of carbonyl (C=O) groups is 2. The third-order valence-electron chi connectivity index (χ3n) is 4.17. The lowest BCUT2D eigenvalue weighted by atomic mass is 10.1. The lowest BCUT2D eigenvalue weighted by Gasteiger charge is -2.12. The maximum Gasteiger partial charge on any atom is 0.274 e. The number of nitrogens with one attached hydrogen (secondary N) is 2. The SMILES string of the molecule is CCOc1ccccc1NC(=O)c1ccnc(C(=O)Nc2cc(C)cc(C)c2)c1. The zero-order valence-electron chi connectivity index (χ0n) is 16.7. The summed E-state index contributed by atoms with van der Waals surface area (Å²) in [7, 11) is 0. The van der Waals surface area contributed by atoms with Gasteiger partial charge in [-0.3, -0.25) is 14.6 Å². The van der Waals surface area contributed by atoms with Crippen molar-refractivity contribution in [3.8, 4) is 5.75 Å². The first-order chi connectivity index (χ1) is 14.0. The number of amides is 2. The maximum absolute atomic E-state index is 12.7. The first kappa shape index (κ1) is 20.1. The summed E-state index contributed by atoms with van der Waals surface area (Å²) in [5, 5.41) is 5.65. The summed E-state index contributed by atoms with van der Waals surface area (Å²) in [6.45, 7) is 6.30. The summed E-state index contributed by atoms with van der Waals surface area (Å²) >= 11 is 0. The predicted molar refractivity (Wildman–Crippen MR) is 114 cm³/mol. The van der Waals surface area contributed by atoms with Crippen molar-refractivity contribution in [1.82, 2.24) is 4.98 Å². The highest BCUT2D eigenvalue weighted by atomic mass is 16.5. The number of benzene rings is 2. The number of para-hydroxylation sites is 2. The maximum atomic E-state index is 12.7. The van der Waals surface area contributed by atoms with Gasteiger partial charge in [-0.05, 0) is 68.3 Å². The molecule has 0 bridgehead atoms. The topological polar surface area (TPSA) is 80.3 Å². The number of rotatable bonds is 6. The van der Waals surface area contributed by atoms with Crippen LogP contribution in [0.3, 0.4) is 0 Å². The average molecular weight is 389 g/mol. The minimum atomic E-state index is -0.376. The highest BCUT2D eigenvalue weighted by Gasteiger charge is 2.14. The second kappa shape index (κ2) is 9.01. The second-order valence-electron chi connectivity index (χ2n) is 6.64. The van der Waals surface area contributed by atoms with Crippen molar-refractivity contribution in [3.05, 3.63) is 83.2 Å². The lowest BCUT2D eigenvalue weighted by Crippen LogP contribution is -2.17. The molecule has 0 aliphatic heterocycles. The summed E-state index contributed by atoms with van der Waals surface area (Å²) in [4.78, 5) is 29.4. The first-order valence-electron chi connectivity index (χ1n) is 9.35.